The van der Waals surface area contributed by atoms with Gasteiger partial charge in [0, 0.05) is 19.1 Å². The van der Waals surface area contributed by atoms with E-state index in [1.165, 1.54) is 19.3 Å². The number of carbonyl (C=O) groups is 1. The summed E-state index contributed by atoms with van der Waals surface area (Å²) in [4.78, 5) is 14.9. The molecule has 1 amide bonds. The average Bonchev–Trinajstić information content (AvgIpc) is 3.06. The first-order chi connectivity index (χ1) is 9.70. The van der Waals surface area contributed by atoms with Gasteiger partial charge in [0.25, 0.3) is 0 Å². The summed E-state index contributed by atoms with van der Waals surface area (Å²) in [5, 5.41) is 3.42. The van der Waals surface area contributed by atoms with Crippen LogP contribution in [0.15, 0.2) is 0 Å². The van der Waals surface area contributed by atoms with Crippen molar-refractivity contribution in [3.63, 3.8) is 0 Å². The molecule has 20 heavy (non-hydrogen) atoms. The highest BCUT2D eigenvalue weighted by atomic mass is 16.2. The second-order valence-corrected chi connectivity index (χ2v) is 7.01. The van der Waals surface area contributed by atoms with Gasteiger partial charge in [0.2, 0.25) is 5.91 Å². The molecule has 0 aromatic carbocycles. The summed E-state index contributed by atoms with van der Waals surface area (Å²) >= 11 is 0. The molecule has 4 heteroatoms. The Labute approximate surface area is 122 Å². The molecule has 1 heterocycles. The predicted molar refractivity (Wildman–Crippen MR) is 80.1 cm³/mol. The van der Waals surface area contributed by atoms with Gasteiger partial charge in [-0.25, -0.2) is 0 Å². The summed E-state index contributed by atoms with van der Waals surface area (Å²) in [6.07, 6.45) is 5.98. The number of hydrogen-bond donors (Lipinski definition) is 2. The van der Waals surface area contributed by atoms with Crippen LogP contribution in [-0.4, -0.2) is 43.0 Å². The number of fused-ring (bicyclic) bond motifs is 2. The molecule has 3 fully saturated rings. The third kappa shape index (κ3) is 2.60. The van der Waals surface area contributed by atoms with Gasteiger partial charge in [-0.2, -0.15) is 0 Å². The standard InChI is InChI=1S/C16H29N3O/c1-2-18-10-11-5-7-19(8-6-11)16(20)14-12-3-4-13(9-12)15(14)17/h11-15,18H,2-10,17H2,1H3. The van der Waals surface area contributed by atoms with Crippen LogP contribution in [-0.2, 0) is 4.79 Å². The number of carbonyl (C=O) groups excluding carboxylic acids is 1. The molecular formula is C16H29N3O. The van der Waals surface area contributed by atoms with Crippen LogP contribution in [0.5, 0.6) is 0 Å². The summed E-state index contributed by atoms with van der Waals surface area (Å²) in [5.74, 6) is 2.46. The highest BCUT2D eigenvalue weighted by Crippen LogP contribution is 2.48. The van der Waals surface area contributed by atoms with Crippen LogP contribution in [0.3, 0.4) is 0 Å². The van der Waals surface area contributed by atoms with Crippen molar-refractivity contribution < 1.29 is 4.79 Å². The van der Waals surface area contributed by atoms with Gasteiger partial charge in [-0.15, -0.1) is 0 Å². The van der Waals surface area contributed by atoms with Gasteiger partial charge in [0.1, 0.15) is 0 Å². The van der Waals surface area contributed by atoms with Crippen molar-refractivity contribution in [2.75, 3.05) is 26.2 Å². The summed E-state index contributed by atoms with van der Waals surface area (Å²) in [6.45, 7) is 6.17. The molecule has 0 aromatic heterocycles. The maximum absolute atomic E-state index is 12.8. The van der Waals surface area contributed by atoms with E-state index in [-0.39, 0.29) is 12.0 Å². The van der Waals surface area contributed by atoms with Crippen LogP contribution < -0.4 is 11.1 Å². The number of amides is 1. The normalized spacial score (nSPS) is 37.6. The maximum atomic E-state index is 12.8. The Bertz CT molecular complexity index is 350. The second-order valence-electron chi connectivity index (χ2n) is 7.01. The number of piperidine rings is 1. The molecular weight excluding hydrogens is 250 g/mol. The zero-order valence-corrected chi connectivity index (χ0v) is 12.7. The minimum atomic E-state index is 0.138. The number of nitrogens with zero attached hydrogens (tertiary/aromatic N) is 1. The Kier molecular flexibility index (Phi) is 4.32. The quantitative estimate of drug-likeness (QED) is 0.813. The van der Waals surface area contributed by atoms with Crippen molar-refractivity contribution in [2.24, 2.45) is 29.4 Å². The van der Waals surface area contributed by atoms with Gasteiger partial charge in [-0.1, -0.05) is 6.92 Å². The van der Waals surface area contributed by atoms with Crippen molar-refractivity contribution >= 4 is 5.91 Å². The van der Waals surface area contributed by atoms with Crippen molar-refractivity contribution in [1.82, 2.24) is 10.2 Å². The monoisotopic (exact) mass is 279 g/mol. The number of nitrogens with one attached hydrogen (secondary N) is 1. The largest absolute Gasteiger partial charge is 0.342 e. The number of rotatable bonds is 4. The van der Waals surface area contributed by atoms with Crippen molar-refractivity contribution in [1.29, 1.82) is 0 Å². The third-order valence-corrected chi connectivity index (χ3v) is 5.87. The van der Waals surface area contributed by atoms with Gasteiger partial charge in [-0.05, 0) is 62.9 Å². The summed E-state index contributed by atoms with van der Waals surface area (Å²) in [6, 6.07) is 0.140. The minimum absolute atomic E-state index is 0.138. The predicted octanol–water partition coefficient (Wildman–Crippen LogP) is 1.21. The Balaban J connectivity index is 1.52. The van der Waals surface area contributed by atoms with Crippen LogP contribution >= 0.6 is 0 Å². The Morgan fingerprint density at radius 2 is 1.90 bits per heavy atom. The summed E-state index contributed by atoms with van der Waals surface area (Å²) in [7, 11) is 0. The van der Waals surface area contributed by atoms with Crippen molar-refractivity contribution in [3.05, 3.63) is 0 Å². The molecule has 4 unspecified atom stereocenters. The summed E-state index contributed by atoms with van der Waals surface area (Å²) < 4.78 is 0. The molecule has 114 valence electrons. The lowest BCUT2D eigenvalue weighted by Gasteiger charge is -2.37. The Morgan fingerprint density at radius 1 is 1.20 bits per heavy atom. The highest BCUT2D eigenvalue weighted by molar-refractivity contribution is 5.80. The van der Waals surface area contributed by atoms with Gasteiger partial charge in [0.15, 0.2) is 0 Å². The molecule has 3 N–H and O–H groups in total. The fraction of sp³-hybridized carbons (Fsp3) is 0.938. The number of likely N-dealkylation sites (tertiary alicyclic amines) is 1. The zero-order chi connectivity index (χ0) is 14.1. The Hall–Kier alpha value is -0.610. The molecule has 2 bridgehead atoms. The summed E-state index contributed by atoms with van der Waals surface area (Å²) in [5.41, 5.74) is 6.31. The smallest absolute Gasteiger partial charge is 0.227 e. The Morgan fingerprint density at radius 3 is 2.50 bits per heavy atom. The van der Waals surface area contributed by atoms with E-state index >= 15 is 0 Å². The second kappa shape index (κ2) is 6.02. The van der Waals surface area contributed by atoms with E-state index in [1.54, 1.807) is 0 Å². The van der Waals surface area contributed by atoms with Gasteiger partial charge in [0.05, 0.1) is 5.92 Å². The third-order valence-electron chi connectivity index (χ3n) is 5.87. The van der Waals surface area contributed by atoms with Crippen LogP contribution in [0.25, 0.3) is 0 Å². The van der Waals surface area contributed by atoms with E-state index in [0.717, 1.165) is 44.9 Å². The van der Waals surface area contributed by atoms with Crippen molar-refractivity contribution in [3.8, 4) is 0 Å². The maximum Gasteiger partial charge on any atom is 0.227 e. The zero-order valence-electron chi connectivity index (χ0n) is 12.7. The van der Waals surface area contributed by atoms with E-state index in [1.807, 2.05) is 0 Å². The minimum Gasteiger partial charge on any atom is -0.342 e. The number of hydrogen-bond acceptors (Lipinski definition) is 3. The van der Waals surface area contributed by atoms with Gasteiger partial charge >= 0.3 is 0 Å². The fourth-order valence-electron chi connectivity index (χ4n) is 4.62. The molecule has 2 saturated carbocycles. The molecule has 1 aliphatic heterocycles. The lowest BCUT2D eigenvalue weighted by molar-refractivity contribution is -0.139. The molecule has 4 atom stereocenters. The first kappa shape index (κ1) is 14.3. The molecule has 4 nitrogen and oxygen atoms in total. The first-order valence-electron chi connectivity index (χ1n) is 8.45. The molecule has 2 aliphatic carbocycles. The fourth-order valence-corrected chi connectivity index (χ4v) is 4.62. The molecule has 0 spiro atoms. The molecule has 3 rings (SSSR count). The molecule has 0 aromatic rings. The molecule has 3 aliphatic rings. The van der Waals surface area contributed by atoms with Gasteiger partial charge < -0.3 is 16.0 Å². The van der Waals surface area contributed by atoms with E-state index in [9.17, 15) is 4.79 Å². The van der Waals surface area contributed by atoms with E-state index in [2.05, 4.69) is 17.1 Å². The molecule has 1 saturated heterocycles. The lowest BCUT2D eigenvalue weighted by atomic mass is 9.83. The highest BCUT2D eigenvalue weighted by Gasteiger charge is 2.50. The molecule has 0 radical (unpaired) electrons. The van der Waals surface area contributed by atoms with Gasteiger partial charge in [-0.3, -0.25) is 4.79 Å². The lowest BCUT2D eigenvalue weighted by Crippen LogP contribution is -2.49. The average molecular weight is 279 g/mol. The van der Waals surface area contributed by atoms with Crippen molar-refractivity contribution in [2.45, 2.75) is 45.1 Å². The van der Waals surface area contributed by atoms with E-state index < -0.39 is 0 Å². The van der Waals surface area contributed by atoms with E-state index in [0.29, 0.717) is 17.7 Å². The van der Waals surface area contributed by atoms with Crippen LogP contribution in [0, 0.1) is 23.7 Å². The van der Waals surface area contributed by atoms with E-state index in [4.69, 9.17) is 5.73 Å². The topological polar surface area (TPSA) is 58.4 Å². The van der Waals surface area contributed by atoms with Crippen LogP contribution in [0.1, 0.15) is 39.0 Å². The SMILES string of the molecule is CCNCC1CCN(C(=O)C2C3CCC(C3)C2N)CC1. The number of nitrogens with two attached hydrogens (primary N) is 1. The first-order valence-corrected chi connectivity index (χ1v) is 8.45. The van der Waals surface area contributed by atoms with Crippen LogP contribution in [0.4, 0.5) is 0 Å². The van der Waals surface area contributed by atoms with Crippen LogP contribution in [0.2, 0.25) is 0 Å².